The van der Waals surface area contributed by atoms with E-state index in [0.717, 1.165) is 6.20 Å². The Kier molecular flexibility index (Phi) is 2.72. The minimum absolute atomic E-state index is 0.370. The number of benzene rings is 1. The summed E-state index contributed by atoms with van der Waals surface area (Å²) in [5, 5.41) is 9.05. The third-order valence-electron chi connectivity index (χ3n) is 3.74. The average molecular weight is 299 g/mol. The number of carboxylic acid groups (broad SMARTS) is 1. The quantitative estimate of drug-likeness (QED) is 0.376. The van der Waals surface area contributed by atoms with Crippen LogP contribution in [-0.2, 0) is 4.79 Å². The Morgan fingerprint density at radius 2 is 1.90 bits per heavy atom. The number of nitrogens with two attached hydrogens (primary N) is 1. The van der Waals surface area contributed by atoms with E-state index >= 15 is 0 Å². The van der Waals surface area contributed by atoms with Gasteiger partial charge in [0.05, 0.1) is 5.56 Å². The minimum Gasteiger partial charge on any atom is -0.477 e. The largest absolute Gasteiger partial charge is 0.477 e. The summed E-state index contributed by atoms with van der Waals surface area (Å²) < 4.78 is 40.1. The van der Waals surface area contributed by atoms with Crippen LogP contribution in [0.25, 0.3) is 0 Å². The normalized spacial score (nSPS) is 24.6. The molecule has 0 bridgehead atoms. The summed E-state index contributed by atoms with van der Waals surface area (Å²) in [6, 6.07) is 0.124. The van der Waals surface area contributed by atoms with Crippen molar-refractivity contribution >= 4 is 17.4 Å². The van der Waals surface area contributed by atoms with Crippen LogP contribution >= 0.6 is 0 Å². The number of aliphatic carboxylic acids is 1. The van der Waals surface area contributed by atoms with Crippen molar-refractivity contribution < 1.29 is 27.9 Å². The summed E-state index contributed by atoms with van der Waals surface area (Å²) >= 11 is 0. The van der Waals surface area contributed by atoms with Crippen LogP contribution < -0.4 is 10.4 Å². The molecular weight excluding hydrogens is 289 g/mol. The van der Waals surface area contributed by atoms with E-state index in [1.165, 1.54) is 0 Å². The Balaban J connectivity index is 2.35. The second-order valence-electron chi connectivity index (χ2n) is 5.13. The number of hydrogen-bond donors (Lipinski definition) is 2. The number of fused-ring (bicyclic) bond motifs is 1. The zero-order valence-electron chi connectivity index (χ0n) is 10.6. The van der Waals surface area contributed by atoms with E-state index in [0.29, 0.717) is 18.9 Å². The molecule has 1 heterocycles. The molecule has 1 atom stereocenters. The van der Waals surface area contributed by atoms with Crippen LogP contribution in [0.5, 0.6) is 0 Å². The Hall–Kier alpha value is -2.19. The van der Waals surface area contributed by atoms with Gasteiger partial charge in [-0.2, -0.15) is 14.8 Å². The van der Waals surface area contributed by atoms with E-state index < -0.39 is 50.6 Å². The van der Waals surface area contributed by atoms with E-state index in [4.69, 9.17) is 10.9 Å². The van der Waals surface area contributed by atoms with Gasteiger partial charge >= 0.3 is 5.97 Å². The molecule has 0 radical (unpaired) electrons. The fourth-order valence-corrected chi connectivity index (χ4v) is 2.56. The molecule has 0 saturated heterocycles. The molecule has 5 nitrogen and oxygen atoms in total. The number of carbonyl (C=O) groups is 2. The van der Waals surface area contributed by atoms with Gasteiger partial charge in [-0.25, -0.2) is 13.6 Å². The second kappa shape index (κ2) is 4.15. The Morgan fingerprint density at radius 1 is 1.29 bits per heavy atom. The summed E-state index contributed by atoms with van der Waals surface area (Å²) in [5.74, 6) is -1.49. The number of rotatable bonds is 2. The highest BCUT2D eigenvalue weighted by Gasteiger charge is 2.52. The van der Waals surface area contributed by atoms with Crippen LogP contribution in [0.15, 0.2) is 17.8 Å². The molecule has 2 aliphatic rings. The first kappa shape index (κ1) is 13.8. The first-order valence-electron chi connectivity index (χ1n) is 6.13. The Bertz CT molecular complexity index is 728. The van der Waals surface area contributed by atoms with Gasteiger partial charge in [0.2, 0.25) is 23.1 Å². The van der Waals surface area contributed by atoms with Crippen LogP contribution in [-0.4, -0.2) is 22.9 Å². The number of nitrogens with zero attached hydrogens (tertiary/aromatic N) is 1. The summed E-state index contributed by atoms with van der Waals surface area (Å²) in [7, 11) is 0. The Labute approximate surface area is 116 Å². The van der Waals surface area contributed by atoms with E-state index in [-0.39, 0.29) is 6.04 Å². The SMILES string of the molecule is N[N+]1(C2CC2)C=C(C(=O)O)C(=O)c2cc(F)c(F)c(F)c21. The number of halogens is 3. The van der Waals surface area contributed by atoms with Crippen molar-refractivity contribution in [2.24, 2.45) is 5.84 Å². The number of hydrogen-bond acceptors (Lipinski definition) is 3. The molecule has 1 aliphatic carbocycles. The van der Waals surface area contributed by atoms with Gasteiger partial charge in [0.25, 0.3) is 0 Å². The van der Waals surface area contributed by atoms with Crippen LogP contribution in [0.3, 0.4) is 0 Å². The molecule has 1 saturated carbocycles. The zero-order chi connectivity index (χ0) is 15.5. The summed E-state index contributed by atoms with van der Waals surface area (Å²) in [6.07, 6.45) is 2.02. The predicted octanol–water partition coefficient (Wildman–Crippen LogP) is 1.61. The van der Waals surface area contributed by atoms with E-state index in [1.54, 1.807) is 0 Å². The third-order valence-corrected chi connectivity index (χ3v) is 3.74. The number of Topliss-reactive ketones (excluding diaryl/α,β-unsaturated/α-hetero) is 1. The highest BCUT2D eigenvalue weighted by molar-refractivity contribution is 6.26. The van der Waals surface area contributed by atoms with Crippen molar-refractivity contribution in [1.82, 2.24) is 4.59 Å². The zero-order valence-corrected chi connectivity index (χ0v) is 10.6. The van der Waals surface area contributed by atoms with Gasteiger partial charge in [-0.3, -0.25) is 4.79 Å². The highest BCUT2D eigenvalue weighted by atomic mass is 19.2. The smallest absolute Gasteiger partial charge is 0.345 e. The molecule has 8 heteroatoms. The van der Waals surface area contributed by atoms with Crippen molar-refractivity contribution in [2.45, 2.75) is 18.9 Å². The minimum atomic E-state index is -1.73. The van der Waals surface area contributed by atoms with Crippen molar-refractivity contribution in [2.75, 3.05) is 0 Å². The molecule has 1 unspecified atom stereocenters. The lowest BCUT2D eigenvalue weighted by atomic mass is 9.96. The first-order valence-corrected chi connectivity index (χ1v) is 6.13. The van der Waals surface area contributed by atoms with E-state index in [9.17, 15) is 22.8 Å². The number of ketones is 1. The van der Waals surface area contributed by atoms with Crippen LogP contribution in [0, 0.1) is 17.5 Å². The molecule has 3 rings (SSSR count). The van der Waals surface area contributed by atoms with Gasteiger partial charge in [0.1, 0.15) is 12.2 Å². The fourth-order valence-electron chi connectivity index (χ4n) is 2.56. The Morgan fingerprint density at radius 3 is 2.43 bits per heavy atom. The molecule has 1 aliphatic heterocycles. The van der Waals surface area contributed by atoms with Gasteiger partial charge in [-0.1, -0.05) is 0 Å². The van der Waals surface area contributed by atoms with Crippen molar-refractivity contribution in [3.8, 4) is 0 Å². The molecule has 3 N–H and O–H groups in total. The fraction of sp³-hybridized carbons (Fsp3) is 0.231. The molecule has 0 aromatic heterocycles. The van der Waals surface area contributed by atoms with Crippen LogP contribution in [0.2, 0.25) is 0 Å². The van der Waals surface area contributed by atoms with Gasteiger partial charge in [-0.15, -0.1) is 0 Å². The van der Waals surface area contributed by atoms with Crippen molar-refractivity contribution in [3.05, 3.63) is 40.9 Å². The van der Waals surface area contributed by atoms with Crippen molar-refractivity contribution in [1.29, 1.82) is 0 Å². The van der Waals surface area contributed by atoms with Crippen molar-refractivity contribution in [3.63, 3.8) is 0 Å². The number of quaternary nitrogens is 1. The number of carboxylic acids is 1. The number of carbonyl (C=O) groups excluding carboxylic acids is 1. The van der Waals surface area contributed by atoms with Gasteiger partial charge in [-0.05, 0) is 6.07 Å². The summed E-state index contributed by atoms with van der Waals surface area (Å²) in [4.78, 5) is 23.2. The predicted molar refractivity (Wildman–Crippen MR) is 65.4 cm³/mol. The van der Waals surface area contributed by atoms with Crippen LogP contribution in [0.4, 0.5) is 18.9 Å². The lowest BCUT2D eigenvalue weighted by Gasteiger charge is -2.33. The van der Waals surface area contributed by atoms with Crippen LogP contribution in [0.1, 0.15) is 23.2 Å². The molecule has 21 heavy (non-hydrogen) atoms. The van der Waals surface area contributed by atoms with Gasteiger partial charge in [0.15, 0.2) is 11.4 Å². The highest BCUT2D eigenvalue weighted by Crippen LogP contribution is 2.44. The lowest BCUT2D eigenvalue weighted by molar-refractivity contribution is -0.132. The van der Waals surface area contributed by atoms with Gasteiger partial charge in [0, 0.05) is 12.8 Å². The maximum absolute atomic E-state index is 14.1. The molecule has 110 valence electrons. The molecule has 0 spiro atoms. The average Bonchev–Trinajstić information content (AvgIpc) is 3.24. The summed E-state index contributed by atoms with van der Waals surface area (Å²) in [6.45, 7) is 0. The topological polar surface area (TPSA) is 80.4 Å². The molecule has 0 amide bonds. The van der Waals surface area contributed by atoms with E-state index in [2.05, 4.69) is 0 Å². The monoisotopic (exact) mass is 299 g/mol. The maximum atomic E-state index is 14.1. The molecule has 1 aromatic rings. The molecule has 1 aromatic carbocycles. The summed E-state index contributed by atoms with van der Waals surface area (Å²) in [5.41, 5.74) is -1.76. The molecular formula is C13H10F3N2O3+. The maximum Gasteiger partial charge on any atom is 0.345 e. The van der Waals surface area contributed by atoms with E-state index in [1.807, 2.05) is 0 Å². The first-order chi connectivity index (χ1) is 9.77. The van der Waals surface area contributed by atoms with Gasteiger partial charge < -0.3 is 5.11 Å². The lowest BCUT2D eigenvalue weighted by Crippen LogP contribution is -2.57. The third kappa shape index (κ3) is 1.79. The standard InChI is InChI=1S/C13H9F3N2O3/c14-8-3-6-11(10(16)9(8)15)18(17,5-1-2-5)4-7(12(6)19)13(20)21/h3-5H,1-2,17H2/p+1. The second-order valence-corrected chi connectivity index (χ2v) is 5.13. The molecule has 1 fully saturated rings.